The molecule has 0 fully saturated rings. The molecule has 0 bridgehead atoms. The summed E-state index contributed by atoms with van der Waals surface area (Å²) in [5.41, 5.74) is 0.942. The Morgan fingerprint density at radius 1 is 0.960 bits per heavy atom. The maximum absolute atomic E-state index is 11.6. The van der Waals surface area contributed by atoms with Gasteiger partial charge in [-0.3, -0.25) is 14.4 Å². The molecule has 9 nitrogen and oxygen atoms in total. The van der Waals surface area contributed by atoms with Gasteiger partial charge >= 0.3 is 5.97 Å². The van der Waals surface area contributed by atoms with Gasteiger partial charge in [-0.1, -0.05) is 12.1 Å². The lowest BCUT2D eigenvalue weighted by molar-refractivity contribution is -0.139. The first-order valence-corrected chi connectivity index (χ1v) is 7.58. The number of amides is 3. The molecular formula is C16H21N3O6. The molecule has 9 heteroatoms. The van der Waals surface area contributed by atoms with Gasteiger partial charge in [0.25, 0.3) is 0 Å². The van der Waals surface area contributed by atoms with Gasteiger partial charge in [-0.15, -0.1) is 0 Å². The monoisotopic (exact) mass is 351 g/mol. The minimum atomic E-state index is -1.05. The molecule has 3 amide bonds. The normalized spacial score (nSPS) is 9.80. The van der Waals surface area contributed by atoms with Crippen molar-refractivity contribution in [1.29, 1.82) is 0 Å². The standard InChI is InChI=1S/C16H21N3O6/c1-11(20)18-8-15(22)19-9-14(21)17-7-6-12-2-4-13(5-3-12)25-10-16(23)24/h2-5H,6-10H2,1H3,(H,17,21)(H,18,20)(H,19,22)(H,23,24). The lowest BCUT2D eigenvalue weighted by Crippen LogP contribution is -2.41. The van der Waals surface area contributed by atoms with Crippen LogP contribution in [0.1, 0.15) is 12.5 Å². The second kappa shape index (κ2) is 10.6. The predicted molar refractivity (Wildman–Crippen MR) is 88.0 cm³/mol. The molecule has 0 aromatic heterocycles. The van der Waals surface area contributed by atoms with Crippen molar-refractivity contribution in [3.8, 4) is 5.75 Å². The smallest absolute Gasteiger partial charge is 0.341 e. The van der Waals surface area contributed by atoms with E-state index < -0.39 is 18.5 Å². The van der Waals surface area contributed by atoms with Gasteiger partial charge in [0.05, 0.1) is 13.1 Å². The Morgan fingerprint density at radius 3 is 2.16 bits per heavy atom. The molecule has 1 aromatic rings. The minimum Gasteiger partial charge on any atom is -0.482 e. The molecule has 0 saturated heterocycles. The zero-order valence-electron chi connectivity index (χ0n) is 13.8. The summed E-state index contributed by atoms with van der Waals surface area (Å²) < 4.78 is 5.02. The lowest BCUT2D eigenvalue weighted by Gasteiger charge is -2.08. The average molecular weight is 351 g/mol. The van der Waals surface area contributed by atoms with Crippen LogP contribution in [0.15, 0.2) is 24.3 Å². The summed E-state index contributed by atoms with van der Waals surface area (Å²) in [7, 11) is 0. The molecule has 1 aromatic carbocycles. The fourth-order valence-electron chi connectivity index (χ4n) is 1.75. The number of carbonyl (C=O) groups is 4. The highest BCUT2D eigenvalue weighted by Gasteiger charge is 2.06. The maximum Gasteiger partial charge on any atom is 0.341 e. The first kappa shape index (κ1) is 19.9. The fourth-order valence-corrected chi connectivity index (χ4v) is 1.75. The number of nitrogens with one attached hydrogen (secondary N) is 3. The number of rotatable bonds is 10. The largest absolute Gasteiger partial charge is 0.482 e. The van der Waals surface area contributed by atoms with Crippen LogP contribution >= 0.6 is 0 Å². The van der Waals surface area contributed by atoms with Crippen LogP contribution in [0.5, 0.6) is 5.75 Å². The van der Waals surface area contributed by atoms with Crippen LogP contribution in [0.25, 0.3) is 0 Å². The highest BCUT2D eigenvalue weighted by Crippen LogP contribution is 2.12. The summed E-state index contributed by atoms with van der Waals surface area (Å²) in [4.78, 5) is 44.0. The van der Waals surface area contributed by atoms with Crippen LogP contribution in [0.3, 0.4) is 0 Å². The van der Waals surface area contributed by atoms with E-state index in [4.69, 9.17) is 9.84 Å². The third kappa shape index (κ3) is 9.59. The van der Waals surface area contributed by atoms with Crippen molar-refractivity contribution in [2.24, 2.45) is 0 Å². The molecule has 0 heterocycles. The van der Waals surface area contributed by atoms with Crippen molar-refractivity contribution >= 4 is 23.7 Å². The zero-order chi connectivity index (χ0) is 18.7. The molecular weight excluding hydrogens is 330 g/mol. The Morgan fingerprint density at radius 2 is 1.56 bits per heavy atom. The van der Waals surface area contributed by atoms with Crippen LogP contribution in [0.2, 0.25) is 0 Å². The highest BCUT2D eigenvalue weighted by atomic mass is 16.5. The van der Waals surface area contributed by atoms with Crippen molar-refractivity contribution < 1.29 is 29.0 Å². The van der Waals surface area contributed by atoms with E-state index in [-0.39, 0.29) is 24.9 Å². The van der Waals surface area contributed by atoms with Gasteiger partial charge in [-0.05, 0) is 24.1 Å². The Kier molecular flexibility index (Phi) is 8.48. The maximum atomic E-state index is 11.6. The number of hydrogen-bond acceptors (Lipinski definition) is 5. The second-order valence-electron chi connectivity index (χ2n) is 5.11. The predicted octanol–water partition coefficient (Wildman–Crippen LogP) is -0.939. The quantitative estimate of drug-likeness (QED) is 0.430. The van der Waals surface area contributed by atoms with Gasteiger partial charge in [0.2, 0.25) is 17.7 Å². The van der Waals surface area contributed by atoms with Gasteiger partial charge in [0.1, 0.15) is 5.75 Å². The fraction of sp³-hybridized carbons (Fsp3) is 0.375. The Labute approximate surface area is 144 Å². The molecule has 0 atom stereocenters. The molecule has 0 aliphatic rings. The van der Waals surface area contributed by atoms with Crippen LogP contribution in [0.4, 0.5) is 0 Å². The molecule has 4 N–H and O–H groups in total. The van der Waals surface area contributed by atoms with Gasteiger partial charge in [0, 0.05) is 13.5 Å². The van der Waals surface area contributed by atoms with Gasteiger partial charge in [0.15, 0.2) is 6.61 Å². The average Bonchev–Trinajstić information content (AvgIpc) is 2.57. The number of ether oxygens (including phenoxy) is 1. The Balaban J connectivity index is 2.21. The molecule has 0 aliphatic heterocycles. The first-order chi connectivity index (χ1) is 11.9. The van der Waals surface area contributed by atoms with Gasteiger partial charge < -0.3 is 25.8 Å². The van der Waals surface area contributed by atoms with Crippen molar-refractivity contribution in [3.63, 3.8) is 0 Å². The highest BCUT2D eigenvalue weighted by molar-refractivity contribution is 5.87. The van der Waals surface area contributed by atoms with Crippen molar-refractivity contribution in [2.45, 2.75) is 13.3 Å². The molecule has 1 rings (SSSR count). The van der Waals surface area contributed by atoms with Crippen molar-refractivity contribution in [2.75, 3.05) is 26.2 Å². The van der Waals surface area contributed by atoms with Crippen LogP contribution in [0, 0.1) is 0 Å². The molecule has 136 valence electrons. The summed E-state index contributed by atoms with van der Waals surface area (Å²) in [5, 5.41) is 15.9. The topological polar surface area (TPSA) is 134 Å². The number of carboxylic acid groups (broad SMARTS) is 1. The number of carbonyl (C=O) groups excluding carboxylic acids is 3. The molecule has 0 spiro atoms. The number of carboxylic acids is 1. The molecule has 0 unspecified atom stereocenters. The SMILES string of the molecule is CC(=O)NCC(=O)NCC(=O)NCCc1ccc(OCC(=O)O)cc1. The lowest BCUT2D eigenvalue weighted by atomic mass is 10.1. The molecule has 0 aliphatic carbocycles. The Bertz CT molecular complexity index is 615. The number of hydrogen-bond donors (Lipinski definition) is 4. The van der Waals surface area contributed by atoms with Crippen molar-refractivity contribution in [1.82, 2.24) is 16.0 Å². The van der Waals surface area contributed by atoms with E-state index in [1.807, 2.05) is 0 Å². The molecule has 0 radical (unpaired) electrons. The third-order valence-corrected chi connectivity index (χ3v) is 2.97. The van der Waals surface area contributed by atoms with E-state index in [1.54, 1.807) is 24.3 Å². The summed E-state index contributed by atoms with van der Waals surface area (Å²) >= 11 is 0. The van der Waals surface area contributed by atoms with Crippen LogP contribution in [-0.4, -0.2) is 55.0 Å². The zero-order valence-corrected chi connectivity index (χ0v) is 13.8. The number of aliphatic carboxylic acids is 1. The van der Waals surface area contributed by atoms with E-state index >= 15 is 0 Å². The summed E-state index contributed by atoms with van der Waals surface area (Å²) in [6, 6.07) is 6.86. The van der Waals surface area contributed by atoms with Crippen molar-refractivity contribution in [3.05, 3.63) is 29.8 Å². The van der Waals surface area contributed by atoms with E-state index in [1.165, 1.54) is 6.92 Å². The summed E-state index contributed by atoms with van der Waals surface area (Å²) in [6.07, 6.45) is 0.574. The summed E-state index contributed by atoms with van der Waals surface area (Å²) in [5.74, 6) is -1.69. The summed E-state index contributed by atoms with van der Waals surface area (Å²) in [6.45, 7) is 0.947. The Hall–Kier alpha value is -3.10. The van der Waals surface area contributed by atoms with E-state index in [0.29, 0.717) is 18.7 Å². The minimum absolute atomic E-state index is 0.166. The number of benzene rings is 1. The van der Waals surface area contributed by atoms with Gasteiger partial charge in [-0.25, -0.2) is 4.79 Å². The molecule has 0 saturated carbocycles. The third-order valence-electron chi connectivity index (χ3n) is 2.97. The van der Waals surface area contributed by atoms with E-state index in [0.717, 1.165) is 5.56 Å². The first-order valence-electron chi connectivity index (χ1n) is 7.58. The molecule has 25 heavy (non-hydrogen) atoms. The van der Waals surface area contributed by atoms with E-state index in [9.17, 15) is 19.2 Å². The second-order valence-corrected chi connectivity index (χ2v) is 5.11. The van der Waals surface area contributed by atoms with Crippen LogP contribution < -0.4 is 20.7 Å². The van der Waals surface area contributed by atoms with Crippen LogP contribution in [-0.2, 0) is 25.6 Å². The van der Waals surface area contributed by atoms with E-state index in [2.05, 4.69) is 16.0 Å². The van der Waals surface area contributed by atoms with Gasteiger partial charge in [-0.2, -0.15) is 0 Å².